The Morgan fingerprint density at radius 1 is 1.08 bits per heavy atom. The van der Waals surface area contributed by atoms with Crippen molar-refractivity contribution in [3.8, 4) is 0 Å². The topological polar surface area (TPSA) is 70.6 Å². The van der Waals surface area contributed by atoms with Crippen LogP contribution in [0.15, 0.2) is 42.5 Å². The van der Waals surface area contributed by atoms with Crippen molar-refractivity contribution < 1.29 is 19.0 Å². The first-order valence-corrected chi connectivity index (χ1v) is 7.59. The maximum atomic E-state index is 13.5. The van der Waals surface area contributed by atoms with Crippen molar-refractivity contribution in [2.24, 2.45) is 0 Å². The first kappa shape index (κ1) is 17.9. The van der Waals surface area contributed by atoms with E-state index in [0.29, 0.717) is 12.1 Å². The zero-order chi connectivity index (χ0) is 17.4. The molecule has 0 radical (unpaired) electrons. The molecule has 0 fully saturated rings. The summed E-state index contributed by atoms with van der Waals surface area (Å²) in [6, 6.07) is 11.7. The van der Waals surface area contributed by atoms with Crippen molar-refractivity contribution >= 4 is 6.03 Å². The Balaban J connectivity index is 1.86. The Morgan fingerprint density at radius 2 is 1.79 bits per heavy atom. The number of nitrogens with one attached hydrogen (secondary N) is 2. The van der Waals surface area contributed by atoms with E-state index in [2.05, 4.69) is 10.6 Å². The van der Waals surface area contributed by atoms with E-state index in [0.717, 1.165) is 16.7 Å². The number of hydrogen-bond donors (Lipinski definition) is 3. The molecule has 128 valence electrons. The second-order valence-corrected chi connectivity index (χ2v) is 5.32. The predicted octanol–water partition coefficient (Wildman–Crippen LogP) is 2.46. The van der Waals surface area contributed by atoms with Crippen LogP contribution >= 0.6 is 0 Å². The molecule has 2 aromatic carbocycles. The molecule has 0 saturated heterocycles. The van der Waals surface area contributed by atoms with Gasteiger partial charge in [-0.3, -0.25) is 0 Å². The van der Waals surface area contributed by atoms with Gasteiger partial charge in [0.05, 0.1) is 13.2 Å². The number of hydrogen-bond acceptors (Lipinski definition) is 3. The minimum atomic E-state index is -0.333. The number of benzene rings is 2. The van der Waals surface area contributed by atoms with E-state index in [-0.39, 0.29) is 31.6 Å². The first-order valence-electron chi connectivity index (χ1n) is 7.59. The van der Waals surface area contributed by atoms with Crippen molar-refractivity contribution in [3.05, 3.63) is 70.5 Å². The Bertz CT molecular complexity index is 692. The van der Waals surface area contributed by atoms with Crippen LogP contribution in [0.3, 0.4) is 0 Å². The van der Waals surface area contributed by atoms with E-state index in [1.807, 2.05) is 24.3 Å². The first-order chi connectivity index (χ1) is 11.6. The quantitative estimate of drug-likeness (QED) is 0.729. The molecule has 0 aromatic heterocycles. The lowest BCUT2D eigenvalue weighted by atomic mass is 10.1. The summed E-state index contributed by atoms with van der Waals surface area (Å²) in [5.41, 5.74) is 2.88. The number of carbonyl (C=O) groups excluding carboxylic acids is 1. The maximum Gasteiger partial charge on any atom is 0.315 e. The number of halogens is 1. The molecule has 0 unspecified atom stereocenters. The third-order valence-electron chi connectivity index (χ3n) is 3.59. The number of rotatable bonds is 7. The van der Waals surface area contributed by atoms with Gasteiger partial charge < -0.3 is 20.5 Å². The van der Waals surface area contributed by atoms with Crippen LogP contribution in [0.5, 0.6) is 0 Å². The Morgan fingerprint density at radius 3 is 2.50 bits per heavy atom. The monoisotopic (exact) mass is 332 g/mol. The van der Waals surface area contributed by atoms with Crippen molar-refractivity contribution in [2.75, 3.05) is 7.11 Å². The average Bonchev–Trinajstić information content (AvgIpc) is 2.61. The number of ether oxygens (including phenoxy) is 1. The summed E-state index contributed by atoms with van der Waals surface area (Å²) in [5, 5.41) is 14.7. The second kappa shape index (κ2) is 9.00. The van der Waals surface area contributed by atoms with E-state index >= 15 is 0 Å². The summed E-state index contributed by atoms with van der Waals surface area (Å²) in [6.07, 6.45) is 0. The van der Waals surface area contributed by atoms with E-state index in [4.69, 9.17) is 4.74 Å². The molecule has 0 spiro atoms. The molecule has 0 bridgehead atoms. The number of methoxy groups -OCH3 is 1. The van der Waals surface area contributed by atoms with Gasteiger partial charge in [0.1, 0.15) is 5.82 Å². The molecule has 0 aliphatic rings. The van der Waals surface area contributed by atoms with Crippen LogP contribution in [0.1, 0.15) is 22.3 Å². The molecular formula is C18H21FN2O3. The van der Waals surface area contributed by atoms with Gasteiger partial charge in [-0.25, -0.2) is 9.18 Å². The van der Waals surface area contributed by atoms with E-state index in [1.165, 1.54) is 13.2 Å². The van der Waals surface area contributed by atoms with Crippen LogP contribution in [-0.2, 0) is 31.0 Å². The van der Waals surface area contributed by atoms with Gasteiger partial charge in [0, 0.05) is 25.8 Å². The molecule has 0 heterocycles. The molecule has 24 heavy (non-hydrogen) atoms. The summed E-state index contributed by atoms with van der Waals surface area (Å²) >= 11 is 0. The van der Waals surface area contributed by atoms with Gasteiger partial charge in [-0.05, 0) is 28.8 Å². The summed E-state index contributed by atoms with van der Waals surface area (Å²) in [5.74, 6) is -0.328. The zero-order valence-electron chi connectivity index (χ0n) is 13.5. The summed E-state index contributed by atoms with van der Waals surface area (Å²) < 4.78 is 18.5. The molecule has 0 saturated carbocycles. The summed E-state index contributed by atoms with van der Waals surface area (Å²) in [6.45, 7) is 0.715. The Hall–Kier alpha value is -2.44. The van der Waals surface area contributed by atoms with E-state index in [1.54, 1.807) is 12.1 Å². The fraction of sp³-hybridized carbons (Fsp3) is 0.278. The summed E-state index contributed by atoms with van der Waals surface area (Å²) in [4.78, 5) is 11.9. The van der Waals surface area contributed by atoms with Gasteiger partial charge in [-0.1, -0.05) is 30.3 Å². The minimum absolute atomic E-state index is 0.0721. The zero-order valence-corrected chi connectivity index (χ0v) is 13.5. The van der Waals surface area contributed by atoms with E-state index < -0.39 is 0 Å². The van der Waals surface area contributed by atoms with Crippen molar-refractivity contribution in [1.29, 1.82) is 0 Å². The lowest BCUT2D eigenvalue weighted by Crippen LogP contribution is -2.34. The number of aliphatic hydroxyl groups excluding tert-OH is 1. The normalized spacial score (nSPS) is 10.5. The highest BCUT2D eigenvalue weighted by Gasteiger charge is 2.06. The van der Waals surface area contributed by atoms with Gasteiger partial charge in [0.25, 0.3) is 0 Å². The Labute approximate surface area is 140 Å². The smallest absolute Gasteiger partial charge is 0.315 e. The molecule has 6 heteroatoms. The van der Waals surface area contributed by atoms with Gasteiger partial charge in [0.15, 0.2) is 0 Å². The highest BCUT2D eigenvalue weighted by Crippen LogP contribution is 2.12. The largest absolute Gasteiger partial charge is 0.392 e. The van der Waals surface area contributed by atoms with Gasteiger partial charge >= 0.3 is 6.03 Å². The fourth-order valence-electron chi connectivity index (χ4n) is 2.31. The molecule has 3 N–H and O–H groups in total. The summed E-state index contributed by atoms with van der Waals surface area (Å²) in [7, 11) is 1.50. The molecule has 0 atom stereocenters. The predicted molar refractivity (Wildman–Crippen MR) is 88.6 cm³/mol. The average molecular weight is 332 g/mol. The molecule has 2 rings (SSSR count). The van der Waals surface area contributed by atoms with Crippen LogP contribution in [0.2, 0.25) is 0 Å². The van der Waals surface area contributed by atoms with Crippen molar-refractivity contribution in [1.82, 2.24) is 10.6 Å². The molecular weight excluding hydrogens is 311 g/mol. The number of carbonyl (C=O) groups is 1. The van der Waals surface area contributed by atoms with Crippen LogP contribution < -0.4 is 10.6 Å². The Kier molecular flexibility index (Phi) is 6.72. The van der Waals surface area contributed by atoms with Crippen molar-refractivity contribution in [3.63, 3.8) is 0 Å². The fourth-order valence-corrected chi connectivity index (χ4v) is 2.31. The van der Waals surface area contributed by atoms with Crippen LogP contribution in [0.4, 0.5) is 9.18 Å². The number of urea groups is 1. The lowest BCUT2D eigenvalue weighted by Gasteiger charge is -2.11. The third-order valence-corrected chi connectivity index (χ3v) is 3.59. The maximum absolute atomic E-state index is 13.5. The molecule has 5 nitrogen and oxygen atoms in total. The molecule has 0 aliphatic carbocycles. The SMILES string of the molecule is COCc1cc(CNC(=O)NCc2ccccc2CO)ccc1F. The number of amides is 2. The molecule has 0 aliphatic heterocycles. The van der Waals surface area contributed by atoms with Gasteiger partial charge in [-0.15, -0.1) is 0 Å². The van der Waals surface area contributed by atoms with Crippen LogP contribution in [-0.4, -0.2) is 18.2 Å². The van der Waals surface area contributed by atoms with Gasteiger partial charge in [0.2, 0.25) is 0 Å². The second-order valence-electron chi connectivity index (χ2n) is 5.32. The van der Waals surface area contributed by atoms with Crippen LogP contribution in [0, 0.1) is 5.82 Å². The molecule has 2 aromatic rings. The third kappa shape index (κ3) is 5.04. The van der Waals surface area contributed by atoms with Crippen LogP contribution in [0.25, 0.3) is 0 Å². The highest BCUT2D eigenvalue weighted by molar-refractivity contribution is 5.73. The highest BCUT2D eigenvalue weighted by atomic mass is 19.1. The van der Waals surface area contributed by atoms with E-state index in [9.17, 15) is 14.3 Å². The standard InChI is InChI=1S/C18H21FN2O3/c1-24-12-16-8-13(6-7-17(16)19)9-20-18(23)21-10-14-4-2-3-5-15(14)11-22/h2-8,22H,9-12H2,1H3,(H2,20,21,23). The van der Waals surface area contributed by atoms with Gasteiger partial charge in [-0.2, -0.15) is 0 Å². The lowest BCUT2D eigenvalue weighted by molar-refractivity contribution is 0.181. The molecule has 2 amide bonds. The van der Waals surface area contributed by atoms with Crippen molar-refractivity contribution in [2.45, 2.75) is 26.3 Å². The minimum Gasteiger partial charge on any atom is -0.392 e. The number of aliphatic hydroxyl groups is 1.